The van der Waals surface area contributed by atoms with Crippen molar-refractivity contribution in [3.05, 3.63) is 24.2 Å². The van der Waals surface area contributed by atoms with Gasteiger partial charge in [0.1, 0.15) is 5.76 Å². The Labute approximate surface area is 103 Å². The highest BCUT2D eigenvalue weighted by molar-refractivity contribution is 5.79. The van der Waals surface area contributed by atoms with E-state index in [0.717, 1.165) is 18.6 Å². The lowest BCUT2D eigenvalue weighted by Gasteiger charge is -2.19. The van der Waals surface area contributed by atoms with E-state index in [0.29, 0.717) is 0 Å². The minimum atomic E-state index is -0.152. The van der Waals surface area contributed by atoms with Gasteiger partial charge in [-0.1, -0.05) is 6.92 Å². The zero-order chi connectivity index (χ0) is 12.8. The third-order valence-electron chi connectivity index (χ3n) is 2.99. The summed E-state index contributed by atoms with van der Waals surface area (Å²) in [6.07, 6.45) is 3.36. The normalized spacial score (nSPS) is 16.2. The van der Waals surface area contributed by atoms with Gasteiger partial charge in [-0.05, 0) is 32.4 Å². The van der Waals surface area contributed by atoms with Crippen LogP contribution in [0.4, 0.5) is 0 Å². The number of nitrogens with two attached hydrogens (primary N) is 1. The van der Waals surface area contributed by atoms with E-state index in [2.05, 4.69) is 5.32 Å². The maximum atomic E-state index is 11.7. The van der Waals surface area contributed by atoms with Crippen LogP contribution in [0.15, 0.2) is 22.8 Å². The molecule has 3 atom stereocenters. The molecule has 1 aromatic rings. The summed E-state index contributed by atoms with van der Waals surface area (Å²) in [6, 6.07) is 3.83. The molecule has 0 bridgehead atoms. The van der Waals surface area contributed by atoms with Crippen LogP contribution >= 0.6 is 0 Å². The third-order valence-corrected chi connectivity index (χ3v) is 2.99. The molecule has 0 aliphatic heterocycles. The van der Waals surface area contributed by atoms with Crippen molar-refractivity contribution in [1.29, 1.82) is 0 Å². The summed E-state index contributed by atoms with van der Waals surface area (Å²) in [6.45, 7) is 5.69. The van der Waals surface area contributed by atoms with E-state index in [-0.39, 0.29) is 23.9 Å². The first-order valence-corrected chi connectivity index (χ1v) is 6.09. The topological polar surface area (TPSA) is 68.3 Å². The quantitative estimate of drug-likeness (QED) is 0.792. The number of aryl methyl sites for hydroxylation is 1. The second kappa shape index (κ2) is 6.45. The van der Waals surface area contributed by atoms with Crippen molar-refractivity contribution in [3.8, 4) is 0 Å². The van der Waals surface area contributed by atoms with E-state index in [1.807, 2.05) is 32.9 Å². The molecule has 0 radical (unpaired) electrons. The molecule has 3 unspecified atom stereocenters. The number of carbonyl (C=O) groups is 1. The van der Waals surface area contributed by atoms with E-state index in [4.69, 9.17) is 10.2 Å². The molecule has 1 aromatic heterocycles. The summed E-state index contributed by atoms with van der Waals surface area (Å²) in [7, 11) is 0. The Morgan fingerprint density at radius 2 is 2.18 bits per heavy atom. The van der Waals surface area contributed by atoms with Gasteiger partial charge in [-0.2, -0.15) is 0 Å². The number of carbonyl (C=O) groups excluding carboxylic acids is 1. The van der Waals surface area contributed by atoms with Crippen LogP contribution in [0.1, 0.15) is 33.0 Å². The monoisotopic (exact) mass is 238 g/mol. The molecule has 0 aliphatic rings. The fourth-order valence-electron chi connectivity index (χ4n) is 1.50. The SMILES string of the molecule is CC(CCc1ccco1)NC(=O)C(C)C(C)N. The van der Waals surface area contributed by atoms with Crippen LogP contribution in [0.2, 0.25) is 0 Å². The number of hydrogen-bond acceptors (Lipinski definition) is 3. The molecule has 17 heavy (non-hydrogen) atoms. The first-order valence-electron chi connectivity index (χ1n) is 6.09. The molecule has 0 aromatic carbocycles. The number of furan rings is 1. The molecule has 1 amide bonds. The van der Waals surface area contributed by atoms with Crippen molar-refractivity contribution in [2.24, 2.45) is 11.7 Å². The molecule has 96 valence electrons. The molecular weight excluding hydrogens is 216 g/mol. The highest BCUT2D eigenvalue weighted by Gasteiger charge is 2.18. The van der Waals surface area contributed by atoms with Crippen molar-refractivity contribution < 1.29 is 9.21 Å². The number of rotatable bonds is 6. The summed E-state index contributed by atoms with van der Waals surface area (Å²) in [5.74, 6) is 0.819. The van der Waals surface area contributed by atoms with Crippen LogP contribution < -0.4 is 11.1 Å². The minimum Gasteiger partial charge on any atom is -0.469 e. The smallest absolute Gasteiger partial charge is 0.224 e. The molecule has 0 fully saturated rings. The third kappa shape index (κ3) is 4.61. The van der Waals surface area contributed by atoms with Crippen LogP contribution in [-0.2, 0) is 11.2 Å². The Hall–Kier alpha value is -1.29. The van der Waals surface area contributed by atoms with Gasteiger partial charge >= 0.3 is 0 Å². The number of hydrogen-bond donors (Lipinski definition) is 2. The van der Waals surface area contributed by atoms with E-state index in [1.54, 1.807) is 6.26 Å². The van der Waals surface area contributed by atoms with Gasteiger partial charge in [0.05, 0.1) is 6.26 Å². The number of amides is 1. The molecule has 0 aliphatic carbocycles. The second-order valence-electron chi connectivity index (χ2n) is 4.68. The van der Waals surface area contributed by atoms with Crippen LogP contribution in [0.25, 0.3) is 0 Å². The first-order chi connectivity index (χ1) is 8.00. The summed E-state index contributed by atoms with van der Waals surface area (Å²) in [5.41, 5.74) is 5.69. The minimum absolute atomic E-state index is 0.0203. The lowest BCUT2D eigenvalue weighted by molar-refractivity contribution is -0.125. The molecule has 1 rings (SSSR count). The summed E-state index contributed by atoms with van der Waals surface area (Å²) < 4.78 is 5.24. The lowest BCUT2D eigenvalue weighted by atomic mass is 10.0. The van der Waals surface area contributed by atoms with E-state index in [1.165, 1.54) is 0 Å². The molecule has 1 heterocycles. The van der Waals surface area contributed by atoms with Crippen LogP contribution in [0, 0.1) is 5.92 Å². The van der Waals surface area contributed by atoms with Crippen molar-refractivity contribution in [1.82, 2.24) is 5.32 Å². The maximum absolute atomic E-state index is 11.7. The first kappa shape index (κ1) is 13.8. The predicted molar refractivity (Wildman–Crippen MR) is 67.4 cm³/mol. The summed E-state index contributed by atoms with van der Waals surface area (Å²) in [4.78, 5) is 11.7. The largest absolute Gasteiger partial charge is 0.469 e. The van der Waals surface area contributed by atoms with Gasteiger partial charge in [-0.15, -0.1) is 0 Å². The van der Waals surface area contributed by atoms with Crippen LogP contribution in [0.5, 0.6) is 0 Å². The average molecular weight is 238 g/mol. The molecule has 4 nitrogen and oxygen atoms in total. The summed E-state index contributed by atoms with van der Waals surface area (Å²) in [5, 5.41) is 2.96. The Morgan fingerprint density at radius 3 is 2.71 bits per heavy atom. The molecular formula is C13H22N2O2. The van der Waals surface area contributed by atoms with Crippen molar-refractivity contribution in [2.45, 2.75) is 45.7 Å². The zero-order valence-electron chi connectivity index (χ0n) is 10.8. The Morgan fingerprint density at radius 1 is 1.47 bits per heavy atom. The van der Waals surface area contributed by atoms with Gasteiger partial charge in [-0.3, -0.25) is 4.79 Å². The van der Waals surface area contributed by atoms with Gasteiger partial charge in [0, 0.05) is 24.4 Å². The predicted octanol–water partition coefficient (Wildman–Crippen LogP) is 1.70. The van der Waals surface area contributed by atoms with Gasteiger partial charge < -0.3 is 15.5 Å². The molecule has 0 saturated carbocycles. The molecule has 0 spiro atoms. The van der Waals surface area contributed by atoms with E-state index in [9.17, 15) is 4.79 Å². The summed E-state index contributed by atoms with van der Waals surface area (Å²) >= 11 is 0. The molecule has 0 saturated heterocycles. The Bertz CT molecular complexity index is 333. The number of nitrogens with one attached hydrogen (secondary N) is 1. The van der Waals surface area contributed by atoms with E-state index >= 15 is 0 Å². The van der Waals surface area contributed by atoms with Gasteiger partial charge in [0.25, 0.3) is 0 Å². The van der Waals surface area contributed by atoms with Gasteiger partial charge in [0.15, 0.2) is 0 Å². The molecule has 4 heteroatoms. The van der Waals surface area contributed by atoms with E-state index < -0.39 is 0 Å². The maximum Gasteiger partial charge on any atom is 0.224 e. The van der Waals surface area contributed by atoms with Crippen LogP contribution in [-0.4, -0.2) is 18.0 Å². The highest BCUT2D eigenvalue weighted by Crippen LogP contribution is 2.07. The highest BCUT2D eigenvalue weighted by atomic mass is 16.3. The molecule has 3 N–H and O–H groups in total. The fourth-order valence-corrected chi connectivity index (χ4v) is 1.50. The zero-order valence-corrected chi connectivity index (χ0v) is 10.8. The van der Waals surface area contributed by atoms with Gasteiger partial charge in [-0.25, -0.2) is 0 Å². The lowest BCUT2D eigenvalue weighted by Crippen LogP contribution is -2.42. The van der Waals surface area contributed by atoms with Crippen LogP contribution in [0.3, 0.4) is 0 Å². The van der Waals surface area contributed by atoms with Crippen molar-refractivity contribution >= 4 is 5.91 Å². The second-order valence-corrected chi connectivity index (χ2v) is 4.68. The Kier molecular flexibility index (Phi) is 5.22. The van der Waals surface area contributed by atoms with Gasteiger partial charge in [0.2, 0.25) is 5.91 Å². The van der Waals surface area contributed by atoms with Crippen molar-refractivity contribution in [2.75, 3.05) is 0 Å². The standard InChI is InChI=1S/C13H22N2O2/c1-9(6-7-12-5-4-8-17-12)15-13(16)10(2)11(3)14/h4-5,8-11H,6-7,14H2,1-3H3,(H,15,16). The Balaban J connectivity index is 2.29. The fraction of sp³-hybridized carbons (Fsp3) is 0.615. The average Bonchev–Trinajstić information content (AvgIpc) is 2.77. The van der Waals surface area contributed by atoms with Crippen molar-refractivity contribution in [3.63, 3.8) is 0 Å².